The molecule has 1 aromatic heterocycles. The van der Waals surface area contributed by atoms with Gasteiger partial charge in [-0.05, 0) is 30.4 Å². The van der Waals surface area contributed by atoms with E-state index in [2.05, 4.69) is 0 Å². The van der Waals surface area contributed by atoms with Gasteiger partial charge in [0, 0.05) is 25.0 Å². The van der Waals surface area contributed by atoms with Gasteiger partial charge in [0.2, 0.25) is 5.91 Å². The number of imidazole rings is 1. The number of hydrogen-bond donors (Lipinski definition) is 1. The Balaban J connectivity index is 2.60. The normalized spacial score (nSPS) is 10.9. The zero-order chi connectivity index (χ0) is 12.6. The molecule has 2 rings (SSSR count). The van der Waals surface area contributed by atoms with E-state index in [1.54, 1.807) is 0 Å². The number of carbonyl (C=O) groups is 1. The van der Waals surface area contributed by atoms with E-state index in [1.807, 2.05) is 34.4 Å². The molecule has 0 unspecified atom stereocenters. The molecule has 0 bridgehead atoms. The van der Waals surface area contributed by atoms with Crippen LogP contribution < -0.4 is 5.73 Å². The largest absolute Gasteiger partial charge is 0.370 e. The number of fused-ring (bicyclic) bond motifs is 1. The molecule has 0 atom stereocenters. The topological polar surface area (TPSA) is 52.9 Å². The van der Waals surface area contributed by atoms with Crippen LogP contribution in [0.15, 0.2) is 18.2 Å². The minimum Gasteiger partial charge on any atom is -0.370 e. The van der Waals surface area contributed by atoms with Crippen LogP contribution in [0, 0.1) is 4.77 Å². The molecule has 0 saturated carbocycles. The van der Waals surface area contributed by atoms with Gasteiger partial charge in [-0.2, -0.15) is 0 Å². The number of nitrogens with zero attached hydrogens (tertiary/aromatic N) is 2. The lowest BCUT2D eigenvalue weighted by molar-refractivity contribution is -0.118. The van der Waals surface area contributed by atoms with Crippen molar-refractivity contribution in [3.63, 3.8) is 0 Å². The highest BCUT2D eigenvalue weighted by molar-refractivity contribution is 7.71. The molecule has 0 fully saturated rings. The summed E-state index contributed by atoms with van der Waals surface area (Å²) in [7, 11) is 1.89. The lowest BCUT2D eigenvalue weighted by atomic mass is 10.3. The first-order valence-corrected chi connectivity index (χ1v) is 5.92. The molecule has 6 heteroatoms. The number of aryl methyl sites for hydroxylation is 2. The Kier molecular flexibility index (Phi) is 3.22. The number of hydrogen-bond acceptors (Lipinski definition) is 2. The zero-order valence-corrected chi connectivity index (χ0v) is 10.9. The number of rotatable bonds is 3. The monoisotopic (exact) mass is 269 g/mol. The summed E-state index contributed by atoms with van der Waals surface area (Å²) in [5.41, 5.74) is 7.06. The van der Waals surface area contributed by atoms with E-state index in [9.17, 15) is 4.79 Å². The first kappa shape index (κ1) is 12.1. The average molecular weight is 270 g/mol. The van der Waals surface area contributed by atoms with Gasteiger partial charge in [0.15, 0.2) is 4.77 Å². The molecule has 0 saturated heterocycles. The summed E-state index contributed by atoms with van der Waals surface area (Å²) in [5, 5.41) is 0.644. The van der Waals surface area contributed by atoms with Crippen LogP contribution in [0.1, 0.15) is 6.42 Å². The van der Waals surface area contributed by atoms with Gasteiger partial charge in [-0.1, -0.05) is 11.6 Å². The van der Waals surface area contributed by atoms with Gasteiger partial charge in [0.1, 0.15) is 0 Å². The molecule has 17 heavy (non-hydrogen) atoms. The third-order valence-electron chi connectivity index (χ3n) is 2.69. The fourth-order valence-electron chi connectivity index (χ4n) is 1.82. The second-order valence-corrected chi connectivity index (χ2v) is 4.64. The van der Waals surface area contributed by atoms with Crippen LogP contribution in [0.2, 0.25) is 5.02 Å². The molecule has 0 aliphatic heterocycles. The Bertz CT molecular complexity index is 644. The van der Waals surface area contributed by atoms with Crippen LogP contribution >= 0.6 is 23.8 Å². The van der Waals surface area contributed by atoms with Gasteiger partial charge >= 0.3 is 0 Å². The van der Waals surface area contributed by atoms with Gasteiger partial charge in [-0.3, -0.25) is 4.79 Å². The summed E-state index contributed by atoms with van der Waals surface area (Å²) in [4.78, 5) is 10.8. The highest BCUT2D eigenvalue weighted by atomic mass is 35.5. The van der Waals surface area contributed by atoms with Crippen LogP contribution in [0.3, 0.4) is 0 Å². The summed E-state index contributed by atoms with van der Waals surface area (Å²) >= 11 is 11.3. The van der Waals surface area contributed by atoms with Gasteiger partial charge in [-0.15, -0.1) is 0 Å². The second-order valence-electron chi connectivity index (χ2n) is 3.84. The number of carbonyl (C=O) groups excluding carboxylic acids is 1. The highest BCUT2D eigenvalue weighted by Gasteiger charge is 2.09. The Hall–Kier alpha value is -1.33. The number of amides is 1. The highest BCUT2D eigenvalue weighted by Crippen LogP contribution is 2.21. The molecule has 2 N–H and O–H groups in total. The summed E-state index contributed by atoms with van der Waals surface area (Å²) in [6.45, 7) is 0.478. The van der Waals surface area contributed by atoms with E-state index in [0.717, 1.165) is 11.0 Å². The van der Waals surface area contributed by atoms with Gasteiger partial charge in [0.25, 0.3) is 0 Å². The molecule has 1 aromatic carbocycles. The number of aromatic nitrogens is 2. The first-order chi connectivity index (χ1) is 8.00. The maximum atomic E-state index is 10.8. The molecule has 90 valence electrons. The number of halogens is 1. The number of primary amides is 1. The quantitative estimate of drug-likeness (QED) is 0.869. The van der Waals surface area contributed by atoms with Crippen molar-refractivity contribution in [1.82, 2.24) is 9.13 Å². The van der Waals surface area contributed by atoms with Crippen LogP contribution in [-0.2, 0) is 18.4 Å². The number of nitrogens with two attached hydrogens (primary N) is 1. The van der Waals surface area contributed by atoms with Crippen molar-refractivity contribution in [3.8, 4) is 0 Å². The summed E-state index contributed by atoms with van der Waals surface area (Å²) in [5.74, 6) is -0.342. The molecular weight excluding hydrogens is 258 g/mol. The molecule has 0 aliphatic carbocycles. The maximum absolute atomic E-state index is 10.8. The first-order valence-electron chi connectivity index (χ1n) is 5.14. The van der Waals surface area contributed by atoms with Gasteiger partial charge in [0.05, 0.1) is 11.0 Å². The summed E-state index contributed by atoms with van der Waals surface area (Å²) in [6.07, 6.45) is 0.264. The van der Waals surface area contributed by atoms with Crippen molar-refractivity contribution in [2.45, 2.75) is 13.0 Å². The van der Waals surface area contributed by atoms with E-state index in [-0.39, 0.29) is 12.3 Å². The fourth-order valence-corrected chi connectivity index (χ4v) is 2.28. The van der Waals surface area contributed by atoms with E-state index >= 15 is 0 Å². The Morgan fingerprint density at radius 1 is 1.47 bits per heavy atom. The fraction of sp³-hybridized carbons (Fsp3) is 0.273. The van der Waals surface area contributed by atoms with E-state index in [0.29, 0.717) is 16.3 Å². The zero-order valence-electron chi connectivity index (χ0n) is 9.31. The van der Waals surface area contributed by atoms with Gasteiger partial charge < -0.3 is 14.9 Å². The van der Waals surface area contributed by atoms with Crippen molar-refractivity contribution >= 4 is 40.8 Å². The van der Waals surface area contributed by atoms with E-state index in [4.69, 9.17) is 29.6 Å². The van der Waals surface area contributed by atoms with Crippen LogP contribution in [0.4, 0.5) is 0 Å². The molecular formula is C11H12ClN3OS. The Morgan fingerprint density at radius 2 is 2.18 bits per heavy atom. The minimum absolute atomic E-state index is 0.264. The molecule has 1 amide bonds. The number of benzene rings is 1. The van der Waals surface area contributed by atoms with Crippen molar-refractivity contribution < 1.29 is 4.79 Å². The van der Waals surface area contributed by atoms with Crippen molar-refractivity contribution in [1.29, 1.82) is 0 Å². The molecule has 1 heterocycles. The molecule has 0 aliphatic rings. The summed E-state index contributed by atoms with van der Waals surface area (Å²) in [6, 6.07) is 5.57. The Labute approximate surface area is 109 Å². The summed E-state index contributed by atoms with van der Waals surface area (Å²) < 4.78 is 4.42. The Morgan fingerprint density at radius 3 is 2.82 bits per heavy atom. The van der Waals surface area contributed by atoms with Crippen LogP contribution in [-0.4, -0.2) is 15.0 Å². The third kappa shape index (κ3) is 2.21. The minimum atomic E-state index is -0.342. The van der Waals surface area contributed by atoms with Crippen molar-refractivity contribution in [2.24, 2.45) is 12.8 Å². The lowest BCUT2D eigenvalue weighted by Gasteiger charge is -2.02. The van der Waals surface area contributed by atoms with Crippen LogP contribution in [0.25, 0.3) is 11.0 Å². The van der Waals surface area contributed by atoms with Gasteiger partial charge in [-0.25, -0.2) is 0 Å². The lowest BCUT2D eigenvalue weighted by Crippen LogP contribution is -2.14. The predicted octanol–water partition coefficient (Wildman–Crippen LogP) is 2.24. The maximum Gasteiger partial charge on any atom is 0.219 e. The standard InChI is InChI=1S/C11H12ClN3OS/c1-14-8-3-2-7(12)6-9(8)15(11(14)17)5-4-10(13)16/h2-3,6H,4-5H2,1H3,(H2,13,16). The molecule has 0 radical (unpaired) electrons. The van der Waals surface area contributed by atoms with E-state index < -0.39 is 0 Å². The molecule has 0 spiro atoms. The SMILES string of the molecule is Cn1c(=S)n(CCC(N)=O)c2cc(Cl)ccc21. The average Bonchev–Trinajstić information content (AvgIpc) is 2.49. The van der Waals surface area contributed by atoms with E-state index in [1.165, 1.54) is 0 Å². The smallest absolute Gasteiger partial charge is 0.219 e. The molecule has 4 nitrogen and oxygen atoms in total. The van der Waals surface area contributed by atoms with Crippen molar-refractivity contribution in [2.75, 3.05) is 0 Å². The third-order valence-corrected chi connectivity index (χ3v) is 3.42. The molecule has 2 aromatic rings. The van der Waals surface area contributed by atoms with Crippen molar-refractivity contribution in [3.05, 3.63) is 28.0 Å². The predicted molar refractivity (Wildman–Crippen MR) is 70.6 cm³/mol. The second kappa shape index (κ2) is 4.50. The van der Waals surface area contributed by atoms with Crippen LogP contribution in [0.5, 0.6) is 0 Å².